The van der Waals surface area contributed by atoms with E-state index in [1.54, 1.807) is 11.3 Å². The minimum atomic E-state index is -0.182. The molecule has 0 saturated carbocycles. The van der Waals surface area contributed by atoms with Crippen molar-refractivity contribution in [3.05, 3.63) is 51.5 Å². The van der Waals surface area contributed by atoms with Gasteiger partial charge in [0, 0.05) is 34.1 Å². The van der Waals surface area contributed by atoms with Crippen molar-refractivity contribution >= 4 is 33.1 Å². The van der Waals surface area contributed by atoms with Gasteiger partial charge in [-0.3, -0.25) is 4.79 Å². The van der Waals surface area contributed by atoms with Crippen LogP contribution in [0, 0.1) is 12.8 Å². The monoisotopic (exact) mass is 365 g/mol. The van der Waals surface area contributed by atoms with Crippen LogP contribution in [-0.4, -0.2) is 10.5 Å². The minimum Gasteiger partial charge on any atom is -0.353 e. The number of nitrogens with one attached hydrogen (secondary N) is 2. The molecular weight excluding hydrogens is 342 g/mol. The van der Waals surface area contributed by atoms with E-state index in [1.807, 2.05) is 0 Å². The van der Waals surface area contributed by atoms with Gasteiger partial charge in [-0.05, 0) is 43.7 Å². The van der Waals surface area contributed by atoms with E-state index >= 15 is 0 Å². The van der Waals surface area contributed by atoms with Gasteiger partial charge in [0.05, 0.1) is 5.56 Å². The molecule has 5 rings (SSSR count). The average Bonchev–Trinajstić information content (AvgIpc) is 3.10. The molecule has 0 fully saturated rings. The van der Waals surface area contributed by atoms with Crippen molar-refractivity contribution in [2.45, 2.75) is 39.3 Å². The fraction of sp³-hybridized carbons (Fsp3) is 0.381. The van der Waals surface area contributed by atoms with Crippen molar-refractivity contribution in [2.24, 2.45) is 13.0 Å². The molecule has 5 heteroatoms. The zero-order chi connectivity index (χ0) is 18.0. The number of nitrogens with zero attached hydrogens (tertiary/aromatic N) is 1. The van der Waals surface area contributed by atoms with E-state index in [9.17, 15) is 4.79 Å². The Hall–Kier alpha value is -2.27. The van der Waals surface area contributed by atoms with Crippen molar-refractivity contribution in [3.8, 4) is 0 Å². The number of aromatic nitrogens is 1. The fourth-order valence-corrected chi connectivity index (χ4v) is 5.96. The number of carbonyl (C=O) groups excluding carboxylic acids is 1. The van der Waals surface area contributed by atoms with Gasteiger partial charge in [0.15, 0.2) is 0 Å². The second kappa shape index (κ2) is 5.61. The van der Waals surface area contributed by atoms with Crippen molar-refractivity contribution < 1.29 is 4.79 Å². The Morgan fingerprint density at radius 3 is 2.88 bits per heavy atom. The lowest BCUT2D eigenvalue weighted by molar-refractivity contribution is 0.0935. The zero-order valence-electron chi connectivity index (χ0n) is 15.3. The molecule has 0 saturated heterocycles. The molecule has 1 aliphatic carbocycles. The second-order valence-electron chi connectivity index (χ2n) is 7.68. The van der Waals surface area contributed by atoms with Crippen molar-refractivity contribution in [1.29, 1.82) is 0 Å². The molecule has 0 spiro atoms. The summed E-state index contributed by atoms with van der Waals surface area (Å²) in [7, 11) is 2.09. The van der Waals surface area contributed by atoms with E-state index in [1.165, 1.54) is 39.0 Å². The standard InChI is InChI=1S/C21H23N3OS/c1-11-8-9-14-16(10-11)26-21-18(14)20(25)22-19(23-21)17-12(2)24(3)15-7-5-4-6-13(15)17/h4-7,11,19,23H,8-10H2,1-3H3,(H,22,25)/t11-,19+/m0/s1. The molecule has 0 unspecified atom stereocenters. The maximum absolute atomic E-state index is 13.0. The summed E-state index contributed by atoms with van der Waals surface area (Å²) in [6.45, 7) is 4.43. The molecule has 4 nitrogen and oxygen atoms in total. The normalized spacial score (nSPS) is 21.9. The largest absolute Gasteiger partial charge is 0.353 e. The zero-order valence-corrected chi connectivity index (χ0v) is 16.2. The van der Waals surface area contributed by atoms with Crippen LogP contribution < -0.4 is 10.6 Å². The first-order valence-corrected chi connectivity index (χ1v) is 10.1. The summed E-state index contributed by atoms with van der Waals surface area (Å²) in [5.41, 5.74) is 5.72. The van der Waals surface area contributed by atoms with Gasteiger partial charge >= 0.3 is 0 Å². The Bertz CT molecular complexity index is 1050. The molecule has 1 amide bonds. The molecule has 2 N–H and O–H groups in total. The topological polar surface area (TPSA) is 46.1 Å². The highest BCUT2D eigenvalue weighted by Gasteiger charge is 2.34. The Balaban J connectivity index is 1.61. The summed E-state index contributed by atoms with van der Waals surface area (Å²) < 4.78 is 2.20. The molecular formula is C21H23N3OS. The second-order valence-corrected chi connectivity index (χ2v) is 8.79. The van der Waals surface area contributed by atoms with E-state index in [0.29, 0.717) is 5.92 Å². The highest BCUT2D eigenvalue weighted by molar-refractivity contribution is 7.16. The maximum atomic E-state index is 13.0. The molecule has 0 radical (unpaired) electrons. The van der Waals surface area contributed by atoms with Crippen LogP contribution in [0.15, 0.2) is 24.3 Å². The van der Waals surface area contributed by atoms with Gasteiger partial charge in [0.2, 0.25) is 0 Å². The van der Waals surface area contributed by atoms with Crippen LogP contribution in [0.2, 0.25) is 0 Å². The summed E-state index contributed by atoms with van der Waals surface area (Å²) >= 11 is 1.78. The smallest absolute Gasteiger partial charge is 0.256 e. The number of rotatable bonds is 1. The predicted molar refractivity (Wildman–Crippen MR) is 107 cm³/mol. The number of aryl methyl sites for hydroxylation is 1. The lowest BCUT2D eigenvalue weighted by Gasteiger charge is -2.27. The van der Waals surface area contributed by atoms with E-state index in [4.69, 9.17) is 0 Å². The van der Waals surface area contributed by atoms with E-state index in [-0.39, 0.29) is 12.1 Å². The lowest BCUT2D eigenvalue weighted by Crippen LogP contribution is -2.38. The summed E-state index contributed by atoms with van der Waals surface area (Å²) in [6, 6.07) is 8.40. The van der Waals surface area contributed by atoms with E-state index in [2.05, 4.69) is 60.4 Å². The maximum Gasteiger partial charge on any atom is 0.256 e. The first-order chi connectivity index (χ1) is 12.5. The van der Waals surface area contributed by atoms with E-state index in [0.717, 1.165) is 23.4 Å². The molecule has 3 aromatic rings. The van der Waals surface area contributed by atoms with E-state index < -0.39 is 0 Å². The van der Waals surface area contributed by atoms with Gasteiger partial charge in [0.25, 0.3) is 5.91 Å². The van der Waals surface area contributed by atoms with Crippen LogP contribution in [0.4, 0.5) is 5.00 Å². The molecule has 2 aliphatic rings. The summed E-state index contributed by atoms with van der Waals surface area (Å²) in [5, 5.41) is 9.11. The highest BCUT2D eigenvalue weighted by atomic mass is 32.1. The molecule has 1 aromatic carbocycles. The number of carbonyl (C=O) groups is 1. The third-order valence-electron chi connectivity index (χ3n) is 6.03. The Morgan fingerprint density at radius 2 is 2.04 bits per heavy atom. The first kappa shape index (κ1) is 15.9. The van der Waals surface area contributed by atoms with Crippen LogP contribution in [0.3, 0.4) is 0 Å². The highest BCUT2D eigenvalue weighted by Crippen LogP contribution is 2.43. The van der Waals surface area contributed by atoms with Crippen LogP contribution in [0.25, 0.3) is 10.9 Å². The molecule has 26 heavy (non-hydrogen) atoms. The van der Waals surface area contributed by atoms with Gasteiger partial charge < -0.3 is 15.2 Å². The number of fused-ring (bicyclic) bond motifs is 4. The molecule has 2 aromatic heterocycles. The average molecular weight is 366 g/mol. The number of hydrogen-bond acceptors (Lipinski definition) is 3. The summed E-state index contributed by atoms with van der Waals surface area (Å²) in [6.07, 6.45) is 3.11. The van der Waals surface area contributed by atoms with Gasteiger partial charge in [-0.15, -0.1) is 11.3 Å². The van der Waals surface area contributed by atoms with Gasteiger partial charge in [-0.25, -0.2) is 0 Å². The fourth-order valence-electron chi connectivity index (χ4n) is 4.52. The summed E-state index contributed by atoms with van der Waals surface area (Å²) in [5.74, 6) is 0.782. The number of amides is 1. The van der Waals surface area contributed by atoms with Crippen molar-refractivity contribution in [1.82, 2.24) is 9.88 Å². The molecule has 3 heterocycles. The lowest BCUT2D eigenvalue weighted by atomic mass is 9.88. The quantitative estimate of drug-likeness (QED) is 0.666. The number of thiophene rings is 1. The number of para-hydroxylation sites is 1. The van der Waals surface area contributed by atoms with Crippen LogP contribution >= 0.6 is 11.3 Å². The Morgan fingerprint density at radius 1 is 1.23 bits per heavy atom. The Labute approximate surface area is 157 Å². The predicted octanol–water partition coefficient (Wildman–Crippen LogP) is 4.53. The van der Waals surface area contributed by atoms with Crippen LogP contribution in [0.5, 0.6) is 0 Å². The van der Waals surface area contributed by atoms with Crippen molar-refractivity contribution in [2.75, 3.05) is 5.32 Å². The van der Waals surface area contributed by atoms with Crippen LogP contribution in [0.1, 0.15) is 51.6 Å². The third-order valence-corrected chi connectivity index (χ3v) is 7.21. The van der Waals surface area contributed by atoms with Gasteiger partial charge in [0.1, 0.15) is 11.2 Å². The Kier molecular flexibility index (Phi) is 3.44. The van der Waals surface area contributed by atoms with Crippen molar-refractivity contribution in [3.63, 3.8) is 0 Å². The minimum absolute atomic E-state index is 0.0723. The first-order valence-electron chi connectivity index (χ1n) is 9.30. The SMILES string of the molecule is Cc1c([C@@H]2NC(=O)c3c(sc4c3CC[C@H](C)C4)N2)c2ccccc2n1C. The van der Waals surface area contributed by atoms with Gasteiger partial charge in [-0.2, -0.15) is 0 Å². The number of benzene rings is 1. The molecule has 1 aliphatic heterocycles. The molecule has 0 bridgehead atoms. The van der Waals surface area contributed by atoms with Crippen LogP contribution in [-0.2, 0) is 19.9 Å². The number of hydrogen-bond donors (Lipinski definition) is 2. The summed E-state index contributed by atoms with van der Waals surface area (Å²) in [4.78, 5) is 14.4. The number of anilines is 1. The van der Waals surface area contributed by atoms with Gasteiger partial charge in [-0.1, -0.05) is 25.1 Å². The molecule has 2 atom stereocenters. The molecule has 134 valence electrons. The third kappa shape index (κ3) is 2.16.